The van der Waals surface area contributed by atoms with E-state index >= 15 is 0 Å². The van der Waals surface area contributed by atoms with Crippen molar-refractivity contribution < 1.29 is 9.50 Å². The van der Waals surface area contributed by atoms with Crippen molar-refractivity contribution >= 4 is 0 Å². The third-order valence-corrected chi connectivity index (χ3v) is 3.53. The minimum atomic E-state index is -0.225. The number of halogens is 1. The number of nitrogens with zero attached hydrogens (tertiary/aromatic N) is 1. The van der Waals surface area contributed by atoms with Crippen LogP contribution in [0.4, 0.5) is 4.39 Å². The average Bonchev–Trinajstić information content (AvgIpc) is 2.28. The molecule has 1 saturated heterocycles. The van der Waals surface area contributed by atoms with E-state index in [1.54, 1.807) is 12.1 Å². The van der Waals surface area contributed by atoms with Crippen LogP contribution in [0.3, 0.4) is 0 Å². The molecule has 2 nitrogen and oxygen atoms in total. The highest BCUT2D eigenvalue weighted by atomic mass is 19.1. The van der Waals surface area contributed by atoms with E-state index in [0.29, 0.717) is 12.5 Å². The fraction of sp³-hybridized carbons (Fsp3) is 0.600. The minimum Gasteiger partial charge on any atom is -0.392 e. The summed E-state index contributed by atoms with van der Waals surface area (Å²) in [5.74, 6) is 0.181. The Balaban J connectivity index is 2.08. The summed E-state index contributed by atoms with van der Waals surface area (Å²) in [5, 5.41) is 9.64. The van der Waals surface area contributed by atoms with Crippen LogP contribution in [0.1, 0.15) is 43.7 Å². The van der Waals surface area contributed by atoms with Crippen LogP contribution in [0, 0.1) is 5.82 Å². The van der Waals surface area contributed by atoms with Gasteiger partial charge in [0.25, 0.3) is 0 Å². The quantitative estimate of drug-likeness (QED) is 0.893. The van der Waals surface area contributed by atoms with Gasteiger partial charge in [-0.3, -0.25) is 4.90 Å². The monoisotopic (exact) mass is 251 g/mol. The molecule has 0 saturated carbocycles. The van der Waals surface area contributed by atoms with Crippen LogP contribution < -0.4 is 0 Å². The summed E-state index contributed by atoms with van der Waals surface area (Å²) < 4.78 is 13.6. The fourth-order valence-corrected chi connectivity index (χ4v) is 2.53. The second-order valence-electron chi connectivity index (χ2n) is 5.58. The van der Waals surface area contributed by atoms with Gasteiger partial charge < -0.3 is 5.11 Å². The highest BCUT2D eigenvalue weighted by molar-refractivity contribution is 5.26. The van der Waals surface area contributed by atoms with Crippen LogP contribution >= 0.6 is 0 Å². The maximum atomic E-state index is 13.6. The van der Waals surface area contributed by atoms with Crippen LogP contribution in [0.5, 0.6) is 0 Å². The molecule has 2 rings (SSSR count). The largest absolute Gasteiger partial charge is 0.392 e. The Morgan fingerprint density at radius 1 is 1.39 bits per heavy atom. The summed E-state index contributed by atoms with van der Waals surface area (Å²) in [7, 11) is 0. The van der Waals surface area contributed by atoms with E-state index in [1.165, 1.54) is 0 Å². The third-order valence-electron chi connectivity index (χ3n) is 3.53. The molecule has 1 atom stereocenters. The number of hydrogen-bond donors (Lipinski definition) is 1. The van der Waals surface area contributed by atoms with Gasteiger partial charge in [-0.15, -0.1) is 0 Å². The Morgan fingerprint density at radius 2 is 2.17 bits per heavy atom. The zero-order valence-electron chi connectivity index (χ0n) is 11.2. The van der Waals surface area contributed by atoms with E-state index < -0.39 is 0 Å². The molecule has 1 aromatic carbocycles. The molecule has 0 aromatic heterocycles. The second kappa shape index (κ2) is 5.81. The molecule has 0 aliphatic carbocycles. The molecule has 0 unspecified atom stereocenters. The number of aliphatic hydroxyl groups is 1. The van der Waals surface area contributed by atoms with Crippen molar-refractivity contribution in [1.29, 1.82) is 0 Å². The highest BCUT2D eigenvalue weighted by Gasteiger charge is 2.18. The molecule has 1 heterocycles. The summed E-state index contributed by atoms with van der Waals surface area (Å²) in [6.45, 7) is 6.57. The van der Waals surface area contributed by atoms with Gasteiger partial charge >= 0.3 is 0 Å². The first-order chi connectivity index (χ1) is 8.54. The molecule has 100 valence electrons. The SMILES string of the molecule is CC(C)c1cc(F)cc(CN2CCC[C@@H](O)C2)c1. The lowest BCUT2D eigenvalue weighted by Gasteiger charge is -2.30. The lowest BCUT2D eigenvalue weighted by molar-refractivity contribution is 0.0668. The van der Waals surface area contributed by atoms with Crippen molar-refractivity contribution in [1.82, 2.24) is 4.90 Å². The number of β-amino-alcohol motifs (C(OH)–C–C–N with tert-alkyl or cyclic N) is 1. The molecule has 0 radical (unpaired) electrons. The number of hydrogen-bond acceptors (Lipinski definition) is 2. The summed E-state index contributed by atoms with van der Waals surface area (Å²) in [5.41, 5.74) is 2.05. The van der Waals surface area contributed by atoms with Gasteiger partial charge in [0.2, 0.25) is 0 Å². The Hall–Kier alpha value is -0.930. The van der Waals surface area contributed by atoms with Gasteiger partial charge in [0.15, 0.2) is 0 Å². The topological polar surface area (TPSA) is 23.5 Å². The maximum absolute atomic E-state index is 13.6. The fourth-order valence-electron chi connectivity index (χ4n) is 2.53. The number of likely N-dealkylation sites (tertiary alicyclic amines) is 1. The Morgan fingerprint density at radius 3 is 2.83 bits per heavy atom. The number of piperidine rings is 1. The van der Waals surface area contributed by atoms with E-state index in [1.807, 2.05) is 0 Å². The zero-order chi connectivity index (χ0) is 13.1. The average molecular weight is 251 g/mol. The van der Waals surface area contributed by atoms with Gasteiger partial charge in [-0.2, -0.15) is 0 Å². The first-order valence-corrected chi connectivity index (χ1v) is 6.74. The Labute approximate surface area is 108 Å². The molecule has 0 spiro atoms. The second-order valence-corrected chi connectivity index (χ2v) is 5.58. The first-order valence-electron chi connectivity index (χ1n) is 6.74. The first kappa shape index (κ1) is 13.5. The standard InChI is InChI=1S/C15H22FNO/c1-11(2)13-6-12(7-14(16)8-13)9-17-5-3-4-15(18)10-17/h6-8,11,15,18H,3-5,9-10H2,1-2H3/t15-/m1/s1. The zero-order valence-corrected chi connectivity index (χ0v) is 11.2. The number of benzene rings is 1. The van der Waals surface area contributed by atoms with Crippen molar-refractivity contribution in [2.24, 2.45) is 0 Å². The molecular formula is C15H22FNO. The van der Waals surface area contributed by atoms with E-state index in [-0.39, 0.29) is 11.9 Å². The molecule has 0 amide bonds. The predicted octanol–water partition coefficient (Wildman–Crippen LogP) is 2.91. The molecule has 1 aromatic rings. The van der Waals surface area contributed by atoms with Gasteiger partial charge in [-0.25, -0.2) is 4.39 Å². The van der Waals surface area contributed by atoms with Crippen molar-refractivity contribution in [2.45, 2.75) is 45.3 Å². The van der Waals surface area contributed by atoms with Crippen LogP contribution in [-0.2, 0) is 6.54 Å². The molecule has 18 heavy (non-hydrogen) atoms. The third kappa shape index (κ3) is 3.53. The molecule has 0 bridgehead atoms. The van der Waals surface area contributed by atoms with Gasteiger partial charge in [0.05, 0.1) is 6.10 Å². The number of aliphatic hydroxyl groups excluding tert-OH is 1. The van der Waals surface area contributed by atoms with Crippen molar-refractivity contribution in [2.75, 3.05) is 13.1 Å². The predicted molar refractivity (Wildman–Crippen MR) is 71.0 cm³/mol. The van der Waals surface area contributed by atoms with E-state index in [0.717, 1.165) is 37.1 Å². The number of rotatable bonds is 3. The summed E-state index contributed by atoms with van der Waals surface area (Å²) in [4.78, 5) is 2.20. The van der Waals surface area contributed by atoms with Crippen LogP contribution in [0.15, 0.2) is 18.2 Å². The molecular weight excluding hydrogens is 229 g/mol. The summed E-state index contributed by atoms with van der Waals surface area (Å²) >= 11 is 0. The lowest BCUT2D eigenvalue weighted by Crippen LogP contribution is -2.37. The van der Waals surface area contributed by atoms with Gasteiger partial charge in [-0.1, -0.05) is 19.9 Å². The summed E-state index contributed by atoms with van der Waals surface area (Å²) in [6, 6.07) is 5.29. The Bertz CT molecular complexity index is 405. The molecule has 3 heteroatoms. The highest BCUT2D eigenvalue weighted by Crippen LogP contribution is 2.20. The lowest BCUT2D eigenvalue weighted by atomic mass is 10.00. The van der Waals surface area contributed by atoms with Gasteiger partial charge in [0.1, 0.15) is 5.82 Å². The van der Waals surface area contributed by atoms with E-state index in [4.69, 9.17) is 0 Å². The molecule has 1 aliphatic rings. The van der Waals surface area contributed by atoms with Gasteiger partial charge in [0, 0.05) is 13.1 Å². The summed E-state index contributed by atoms with van der Waals surface area (Å²) in [6.07, 6.45) is 1.68. The van der Waals surface area contributed by atoms with Crippen LogP contribution in [0.25, 0.3) is 0 Å². The maximum Gasteiger partial charge on any atom is 0.123 e. The molecule has 1 aliphatic heterocycles. The normalized spacial score (nSPS) is 21.5. The molecule has 1 fully saturated rings. The minimum absolute atomic E-state index is 0.159. The van der Waals surface area contributed by atoms with Crippen molar-refractivity contribution in [3.8, 4) is 0 Å². The van der Waals surface area contributed by atoms with Crippen molar-refractivity contribution in [3.63, 3.8) is 0 Å². The van der Waals surface area contributed by atoms with Crippen LogP contribution in [-0.4, -0.2) is 29.2 Å². The van der Waals surface area contributed by atoms with Crippen LogP contribution in [0.2, 0.25) is 0 Å². The molecule has 1 N–H and O–H groups in total. The van der Waals surface area contributed by atoms with E-state index in [2.05, 4.69) is 24.8 Å². The van der Waals surface area contributed by atoms with Crippen molar-refractivity contribution in [3.05, 3.63) is 35.1 Å². The van der Waals surface area contributed by atoms with E-state index in [9.17, 15) is 9.50 Å². The smallest absolute Gasteiger partial charge is 0.123 e. The Kier molecular flexibility index (Phi) is 4.36. The van der Waals surface area contributed by atoms with Gasteiger partial charge in [-0.05, 0) is 48.6 Å².